The minimum atomic E-state index is -0.685. The third kappa shape index (κ3) is 3.99. The lowest BCUT2D eigenvalue weighted by molar-refractivity contribution is -0.00853. The Morgan fingerprint density at radius 1 is 1.16 bits per heavy atom. The summed E-state index contributed by atoms with van der Waals surface area (Å²) in [6, 6.07) is 9.61. The standard InChI is InChI=1S/C27H27N7O4/c1-16-11-18(12-20-23(16)32-24(31-20)17-4-10-36-14-17)37-22-13-21(29-15-30-22)34-8-5-27(6-9-34)19-3-2-7-28-25(19)33-26(35)38-27/h2-3,7,11-13,15,17H,4-6,8-10,14H2,1H3,(H,31,32)(H,28,33,35)/t17-/m0/s1. The van der Waals surface area contributed by atoms with E-state index >= 15 is 0 Å². The molecule has 4 aromatic rings. The van der Waals surface area contributed by atoms with E-state index in [1.165, 1.54) is 6.33 Å². The van der Waals surface area contributed by atoms with Crippen LogP contribution in [0.5, 0.6) is 11.6 Å². The maximum Gasteiger partial charge on any atom is 0.413 e. The molecule has 1 atom stereocenters. The largest absolute Gasteiger partial charge is 0.439 e. The first-order valence-electron chi connectivity index (χ1n) is 12.8. The summed E-state index contributed by atoms with van der Waals surface area (Å²) in [5.41, 5.74) is 3.14. The number of carbonyl (C=O) groups is 1. The Labute approximate surface area is 218 Å². The molecule has 2 saturated heterocycles. The lowest BCUT2D eigenvalue weighted by Crippen LogP contribution is -2.48. The van der Waals surface area contributed by atoms with Crippen LogP contribution in [-0.2, 0) is 15.1 Å². The Kier molecular flexibility index (Phi) is 5.39. The number of aryl methyl sites for hydroxylation is 1. The van der Waals surface area contributed by atoms with E-state index in [0.29, 0.717) is 55.9 Å². The van der Waals surface area contributed by atoms with Crippen LogP contribution in [0.2, 0.25) is 0 Å². The van der Waals surface area contributed by atoms with Crippen LogP contribution in [0.25, 0.3) is 11.0 Å². The van der Waals surface area contributed by atoms with E-state index in [0.717, 1.165) is 46.8 Å². The van der Waals surface area contributed by atoms with Gasteiger partial charge in [0.15, 0.2) is 0 Å². The van der Waals surface area contributed by atoms with Crippen molar-refractivity contribution in [3.8, 4) is 11.6 Å². The number of ether oxygens (including phenoxy) is 3. The minimum Gasteiger partial charge on any atom is -0.439 e. The quantitative estimate of drug-likeness (QED) is 0.408. The van der Waals surface area contributed by atoms with Gasteiger partial charge in [-0.3, -0.25) is 5.32 Å². The number of nitrogens with zero attached hydrogens (tertiary/aromatic N) is 5. The highest BCUT2D eigenvalue weighted by molar-refractivity contribution is 5.87. The minimum absolute atomic E-state index is 0.303. The van der Waals surface area contributed by atoms with Crippen molar-refractivity contribution in [1.29, 1.82) is 0 Å². The molecule has 0 bridgehead atoms. The number of amides is 1. The molecule has 6 heterocycles. The van der Waals surface area contributed by atoms with Crippen LogP contribution in [0.1, 0.15) is 42.1 Å². The summed E-state index contributed by atoms with van der Waals surface area (Å²) in [5.74, 6) is 3.74. The maximum absolute atomic E-state index is 12.2. The van der Waals surface area contributed by atoms with E-state index in [-0.39, 0.29) is 0 Å². The Balaban J connectivity index is 1.09. The van der Waals surface area contributed by atoms with E-state index < -0.39 is 11.7 Å². The number of hydrogen-bond donors (Lipinski definition) is 2. The van der Waals surface area contributed by atoms with Crippen LogP contribution in [0, 0.1) is 6.92 Å². The Hall–Kier alpha value is -4.25. The van der Waals surface area contributed by atoms with E-state index in [2.05, 4.69) is 30.2 Å². The second-order valence-corrected chi connectivity index (χ2v) is 10.0. The number of anilines is 2. The summed E-state index contributed by atoms with van der Waals surface area (Å²) >= 11 is 0. The summed E-state index contributed by atoms with van der Waals surface area (Å²) in [6.45, 7) is 4.82. The topological polar surface area (TPSA) is 127 Å². The van der Waals surface area contributed by atoms with Crippen molar-refractivity contribution in [3.05, 3.63) is 59.8 Å². The number of carbonyl (C=O) groups excluding carboxylic acids is 1. The van der Waals surface area contributed by atoms with Gasteiger partial charge >= 0.3 is 6.09 Å². The highest BCUT2D eigenvalue weighted by Crippen LogP contribution is 2.43. The van der Waals surface area contributed by atoms with E-state index in [1.54, 1.807) is 6.20 Å². The number of aromatic amines is 1. The third-order valence-corrected chi connectivity index (χ3v) is 7.64. The molecule has 7 rings (SSSR count). The van der Waals surface area contributed by atoms with Crippen molar-refractivity contribution in [2.45, 2.75) is 37.7 Å². The first-order chi connectivity index (χ1) is 18.6. The first kappa shape index (κ1) is 22.9. The van der Waals surface area contributed by atoms with Crippen molar-refractivity contribution in [2.24, 2.45) is 0 Å². The molecule has 1 aromatic carbocycles. The molecule has 11 heteroatoms. The van der Waals surface area contributed by atoms with E-state index in [1.807, 2.05) is 37.3 Å². The van der Waals surface area contributed by atoms with Gasteiger partial charge in [0, 0.05) is 62.3 Å². The Morgan fingerprint density at radius 2 is 2.05 bits per heavy atom. The number of piperidine rings is 1. The molecule has 2 fully saturated rings. The zero-order chi connectivity index (χ0) is 25.7. The average molecular weight is 514 g/mol. The average Bonchev–Trinajstić information content (AvgIpc) is 3.60. The number of aromatic nitrogens is 5. The van der Waals surface area contributed by atoms with Gasteiger partial charge in [0.1, 0.15) is 35.1 Å². The van der Waals surface area contributed by atoms with Gasteiger partial charge in [-0.25, -0.2) is 24.7 Å². The summed E-state index contributed by atoms with van der Waals surface area (Å²) in [6.07, 6.45) is 4.96. The van der Waals surface area contributed by atoms with Crippen LogP contribution in [0.15, 0.2) is 42.9 Å². The molecular formula is C27H27N7O4. The zero-order valence-corrected chi connectivity index (χ0v) is 20.9. The van der Waals surface area contributed by atoms with Gasteiger partial charge in [-0.15, -0.1) is 0 Å². The molecule has 1 amide bonds. The van der Waals surface area contributed by atoms with E-state index in [9.17, 15) is 4.79 Å². The Bertz CT molecular complexity index is 1520. The van der Waals surface area contributed by atoms with Crippen LogP contribution in [0.3, 0.4) is 0 Å². The highest BCUT2D eigenvalue weighted by atomic mass is 16.6. The molecule has 38 heavy (non-hydrogen) atoms. The van der Waals surface area contributed by atoms with Gasteiger partial charge in [-0.2, -0.15) is 0 Å². The van der Waals surface area contributed by atoms with Gasteiger partial charge < -0.3 is 24.1 Å². The fraction of sp³-hybridized carbons (Fsp3) is 0.370. The Morgan fingerprint density at radius 3 is 2.89 bits per heavy atom. The molecule has 2 N–H and O–H groups in total. The number of pyridine rings is 1. The molecule has 0 radical (unpaired) electrons. The van der Waals surface area contributed by atoms with Gasteiger partial charge in [0.2, 0.25) is 5.88 Å². The van der Waals surface area contributed by atoms with Crippen LogP contribution < -0.4 is 15.0 Å². The number of nitrogens with one attached hydrogen (secondary N) is 2. The van der Waals surface area contributed by atoms with Crippen LogP contribution in [-0.4, -0.2) is 57.3 Å². The number of imidazole rings is 1. The van der Waals surface area contributed by atoms with Gasteiger partial charge in [0.05, 0.1) is 17.6 Å². The van der Waals surface area contributed by atoms with Gasteiger partial charge in [-0.1, -0.05) is 0 Å². The van der Waals surface area contributed by atoms with Crippen molar-refractivity contribution >= 4 is 28.8 Å². The predicted octanol–water partition coefficient (Wildman–Crippen LogP) is 4.41. The lowest BCUT2D eigenvalue weighted by Gasteiger charge is -2.44. The number of hydrogen-bond acceptors (Lipinski definition) is 9. The molecule has 0 saturated carbocycles. The zero-order valence-electron chi connectivity index (χ0n) is 20.9. The fourth-order valence-corrected chi connectivity index (χ4v) is 5.65. The summed E-state index contributed by atoms with van der Waals surface area (Å²) in [4.78, 5) is 35.8. The summed E-state index contributed by atoms with van der Waals surface area (Å²) < 4.78 is 17.5. The molecule has 194 valence electrons. The second-order valence-electron chi connectivity index (χ2n) is 10.0. The van der Waals surface area contributed by atoms with Crippen molar-refractivity contribution in [2.75, 3.05) is 36.5 Å². The van der Waals surface area contributed by atoms with Crippen LogP contribution in [0.4, 0.5) is 16.4 Å². The molecule has 1 spiro atoms. The van der Waals surface area contributed by atoms with Gasteiger partial charge in [0.25, 0.3) is 0 Å². The molecule has 3 aromatic heterocycles. The van der Waals surface area contributed by atoms with Crippen molar-refractivity contribution < 1.29 is 19.0 Å². The normalized spacial score (nSPS) is 20.3. The number of fused-ring (bicyclic) bond motifs is 3. The monoisotopic (exact) mass is 513 g/mol. The summed E-state index contributed by atoms with van der Waals surface area (Å²) in [7, 11) is 0. The first-order valence-corrected chi connectivity index (χ1v) is 12.8. The van der Waals surface area contributed by atoms with Crippen molar-refractivity contribution in [3.63, 3.8) is 0 Å². The molecule has 3 aliphatic heterocycles. The molecule has 0 aliphatic carbocycles. The number of benzene rings is 1. The maximum atomic E-state index is 12.2. The fourth-order valence-electron chi connectivity index (χ4n) is 5.65. The van der Waals surface area contributed by atoms with Gasteiger partial charge in [-0.05, 0) is 37.1 Å². The number of H-pyrrole nitrogens is 1. The second kappa shape index (κ2) is 8.95. The molecular weight excluding hydrogens is 486 g/mol. The lowest BCUT2D eigenvalue weighted by atomic mass is 9.83. The molecule has 3 aliphatic rings. The summed E-state index contributed by atoms with van der Waals surface area (Å²) in [5, 5.41) is 2.70. The predicted molar refractivity (Wildman–Crippen MR) is 139 cm³/mol. The number of rotatable bonds is 4. The van der Waals surface area contributed by atoms with Crippen LogP contribution >= 0.6 is 0 Å². The smallest absolute Gasteiger partial charge is 0.413 e. The SMILES string of the molecule is Cc1cc(Oc2cc(N3CCC4(CC3)OC(=O)Nc3ncccc34)ncn2)cc2[nH]c([C@H]3CCOC3)nc12. The molecule has 11 nitrogen and oxygen atoms in total. The third-order valence-electron chi connectivity index (χ3n) is 7.64. The van der Waals surface area contributed by atoms with Crippen molar-refractivity contribution in [1.82, 2.24) is 24.9 Å². The van der Waals surface area contributed by atoms with E-state index in [4.69, 9.17) is 19.2 Å². The highest BCUT2D eigenvalue weighted by Gasteiger charge is 2.45. The molecule has 0 unspecified atom stereocenters.